The highest BCUT2D eigenvalue weighted by atomic mass is 16.5. The quantitative estimate of drug-likeness (QED) is 0.196. The summed E-state index contributed by atoms with van der Waals surface area (Å²) in [5.41, 5.74) is 7.71. The highest BCUT2D eigenvalue weighted by Crippen LogP contribution is 2.12. The molecule has 1 aliphatic rings. The van der Waals surface area contributed by atoms with Crippen LogP contribution < -0.4 is 33.8 Å². The Hall–Kier alpha value is -0.280. The van der Waals surface area contributed by atoms with Crippen molar-refractivity contribution < 1.29 is 4.74 Å². The highest BCUT2D eigenvalue weighted by Gasteiger charge is 2.32. The summed E-state index contributed by atoms with van der Waals surface area (Å²) >= 11 is 0. The zero-order valence-electron chi connectivity index (χ0n) is 6.71. The Morgan fingerprint density at radius 3 is 2.50 bits per heavy atom. The Morgan fingerprint density at radius 1 is 1.25 bits per heavy atom. The van der Waals surface area contributed by atoms with Crippen molar-refractivity contribution in [3.05, 3.63) is 6.04 Å². The molecule has 1 aliphatic heterocycles. The van der Waals surface area contributed by atoms with Crippen LogP contribution in [0.3, 0.4) is 0 Å². The second-order valence-corrected chi connectivity index (χ2v) is 2.60. The monoisotopic (exact) mass is 175 g/mol. The third-order valence-electron chi connectivity index (χ3n) is 1.91. The summed E-state index contributed by atoms with van der Waals surface area (Å²) in [6.45, 7) is 0.958. The summed E-state index contributed by atoms with van der Waals surface area (Å²) in [4.78, 5) is 0. The van der Waals surface area contributed by atoms with E-state index in [0.717, 1.165) is 6.04 Å². The number of hydrogen-bond donors (Lipinski definition) is 6. The van der Waals surface area contributed by atoms with Crippen LogP contribution in [-0.4, -0.2) is 25.3 Å². The number of nitrogens with two attached hydrogens (primary N) is 3. The predicted molar refractivity (Wildman–Crippen MR) is 43.6 cm³/mol. The lowest BCUT2D eigenvalue weighted by atomic mass is 10.0. The second kappa shape index (κ2) is 4.67. The fourth-order valence-electron chi connectivity index (χ4n) is 1.22. The van der Waals surface area contributed by atoms with E-state index >= 15 is 0 Å². The van der Waals surface area contributed by atoms with E-state index in [2.05, 4.69) is 16.3 Å². The smallest absolute Gasteiger partial charge is 0.0968 e. The molecule has 0 aromatic rings. The van der Waals surface area contributed by atoms with Gasteiger partial charge in [-0.05, 0) is 0 Å². The van der Waals surface area contributed by atoms with Crippen LogP contribution in [0.4, 0.5) is 0 Å². The van der Waals surface area contributed by atoms with E-state index < -0.39 is 0 Å². The van der Waals surface area contributed by atoms with E-state index in [1.807, 2.05) is 0 Å². The van der Waals surface area contributed by atoms with Gasteiger partial charge in [-0.2, -0.15) is 0 Å². The lowest BCUT2D eigenvalue weighted by Crippen LogP contribution is -2.64. The first-order valence-corrected chi connectivity index (χ1v) is 3.65. The van der Waals surface area contributed by atoms with Gasteiger partial charge < -0.3 is 4.74 Å². The van der Waals surface area contributed by atoms with Crippen molar-refractivity contribution in [2.24, 2.45) is 17.5 Å². The molecule has 2 atom stereocenters. The fourth-order valence-corrected chi connectivity index (χ4v) is 1.22. The maximum atomic E-state index is 5.32. The first-order valence-electron chi connectivity index (χ1n) is 3.65. The second-order valence-electron chi connectivity index (χ2n) is 2.60. The number of nitrogens with one attached hydrogen (secondary N) is 3. The molecule has 7 nitrogen and oxygen atoms in total. The molecule has 0 spiro atoms. The van der Waals surface area contributed by atoms with Crippen LogP contribution in [-0.2, 0) is 4.74 Å². The number of rotatable bonds is 3. The minimum Gasteiger partial charge on any atom is -0.378 e. The predicted octanol–water partition coefficient (Wildman–Crippen LogP) is -3.32. The van der Waals surface area contributed by atoms with E-state index in [1.54, 1.807) is 0 Å². The van der Waals surface area contributed by atoms with Crippen LogP contribution in [0.1, 0.15) is 0 Å². The molecule has 12 heavy (non-hydrogen) atoms. The third-order valence-corrected chi connectivity index (χ3v) is 1.91. The molecule has 1 saturated heterocycles. The van der Waals surface area contributed by atoms with Gasteiger partial charge in [-0.3, -0.25) is 28.4 Å². The zero-order valence-corrected chi connectivity index (χ0v) is 6.71. The largest absolute Gasteiger partial charge is 0.378 e. The van der Waals surface area contributed by atoms with E-state index in [0.29, 0.717) is 13.2 Å². The van der Waals surface area contributed by atoms with Gasteiger partial charge in [-0.25, -0.2) is 5.43 Å². The molecule has 0 aromatic heterocycles. The molecule has 9 N–H and O–H groups in total. The van der Waals surface area contributed by atoms with Gasteiger partial charge in [-0.15, -0.1) is 0 Å². The van der Waals surface area contributed by atoms with Crippen LogP contribution in [0.5, 0.6) is 0 Å². The van der Waals surface area contributed by atoms with Crippen LogP contribution in [0.25, 0.3) is 0 Å². The van der Waals surface area contributed by atoms with E-state index in [4.69, 9.17) is 22.3 Å². The van der Waals surface area contributed by atoms with Crippen molar-refractivity contribution >= 4 is 0 Å². The van der Waals surface area contributed by atoms with Gasteiger partial charge in [0.25, 0.3) is 0 Å². The Balaban J connectivity index is 2.52. The summed E-state index contributed by atoms with van der Waals surface area (Å²) in [6, 6.07) is 0.621. The minimum atomic E-state index is -0.103. The Bertz CT molecular complexity index is 121. The normalized spacial score (nSPS) is 32.2. The van der Waals surface area contributed by atoms with Gasteiger partial charge in [0.2, 0.25) is 0 Å². The summed E-state index contributed by atoms with van der Waals surface area (Å²) in [6.07, 6.45) is 0. The van der Waals surface area contributed by atoms with Crippen LogP contribution in [0, 0.1) is 6.04 Å². The number of hydrogen-bond acceptors (Lipinski definition) is 7. The van der Waals surface area contributed by atoms with Gasteiger partial charge in [0.05, 0.1) is 31.3 Å². The summed E-state index contributed by atoms with van der Waals surface area (Å²) in [7, 11) is 0. The third kappa shape index (κ3) is 1.90. The molecule has 1 heterocycles. The van der Waals surface area contributed by atoms with E-state index in [9.17, 15) is 0 Å². The van der Waals surface area contributed by atoms with Crippen LogP contribution in [0.2, 0.25) is 0 Å². The molecular weight excluding hydrogens is 160 g/mol. The Labute approximate surface area is 70.9 Å². The van der Waals surface area contributed by atoms with Crippen molar-refractivity contribution in [2.45, 2.75) is 12.1 Å². The maximum absolute atomic E-state index is 5.32. The standard InChI is InChI=1S/C5H15N6O/c6-9-3-1-12-2-4(10-7)5(3)11-8/h3,5,9-11H,1-2,6-8H2/t3-,5+/m1/s1. The molecule has 0 aromatic carbocycles. The van der Waals surface area contributed by atoms with Crippen molar-refractivity contribution in [3.63, 3.8) is 0 Å². The molecule has 0 bridgehead atoms. The Kier molecular flexibility index (Phi) is 3.82. The maximum Gasteiger partial charge on any atom is 0.0968 e. The van der Waals surface area contributed by atoms with E-state index in [-0.39, 0.29) is 12.1 Å². The summed E-state index contributed by atoms with van der Waals surface area (Å²) < 4.78 is 5.19. The van der Waals surface area contributed by atoms with Crippen LogP contribution in [0.15, 0.2) is 0 Å². The van der Waals surface area contributed by atoms with Gasteiger partial charge in [0.15, 0.2) is 0 Å². The molecule has 0 amide bonds. The molecule has 0 saturated carbocycles. The van der Waals surface area contributed by atoms with Gasteiger partial charge in [-0.1, -0.05) is 0 Å². The Morgan fingerprint density at radius 2 is 2.00 bits per heavy atom. The van der Waals surface area contributed by atoms with Gasteiger partial charge >= 0.3 is 0 Å². The molecular formula is C5H15N6O. The average molecular weight is 175 g/mol. The van der Waals surface area contributed by atoms with Gasteiger partial charge in [0, 0.05) is 0 Å². The molecule has 0 aliphatic carbocycles. The number of ether oxygens (including phenoxy) is 1. The van der Waals surface area contributed by atoms with Crippen molar-refractivity contribution in [3.8, 4) is 0 Å². The number of hydrazine groups is 3. The zero-order chi connectivity index (χ0) is 8.97. The molecule has 1 rings (SSSR count). The fraction of sp³-hybridized carbons (Fsp3) is 0.800. The average Bonchev–Trinajstić information content (AvgIpc) is 2.16. The van der Waals surface area contributed by atoms with Crippen molar-refractivity contribution in [1.29, 1.82) is 0 Å². The first-order chi connectivity index (χ1) is 5.83. The first kappa shape index (κ1) is 9.81. The molecule has 1 fully saturated rings. The lowest BCUT2D eigenvalue weighted by Gasteiger charge is -2.35. The van der Waals surface area contributed by atoms with Gasteiger partial charge in [0.1, 0.15) is 0 Å². The molecule has 1 radical (unpaired) electrons. The van der Waals surface area contributed by atoms with Crippen molar-refractivity contribution in [1.82, 2.24) is 16.3 Å². The SMILES string of the molecule is NN[C]1COC[C@@H](NN)[C@@H]1NN. The minimum absolute atomic E-state index is 0.0604. The molecule has 7 heteroatoms. The van der Waals surface area contributed by atoms with Crippen molar-refractivity contribution in [2.75, 3.05) is 13.2 Å². The molecule has 0 unspecified atom stereocenters. The molecule has 71 valence electrons. The van der Waals surface area contributed by atoms with E-state index in [1.165, 1.54) is 0 Å². The van der Waals surface area contributed by atoms with Crippen LogP contribution >= 0.6 is 0 Å². The topological polar surface area (TPSA) is 123 Å². The lowest BCUT2D eigenvalue weighted by molar-refractivity contribution is 0.0576. The highest BCUT2D eigenvalue weighted by molar-refractivity contribution is 5.05. The summed E-state index contributed by atoms with van der Waals surface area (Å²) in [5, 5.41) is 0. The summed E-state index contributed by atoms with van der Waals surface area (Å²) in [5.74, 6) is 15.9.